The Morgan fingerprint density at radius 3 is 2.89 bits per heavy atom. The topological polar surface area (TPSA) is 68.5 Å². The zero-order valence-electron chi connectivity index (χ0n) is 10.9. The monoisotopic (exact) mass is 266 g/mol. The van der Waals surface area contributed by atoms with E-state index in [1.807, 2.05) is 10.9 Å². The van der Waals surface area contributed by atoms with Gasteiger partial charge in [0.2, 0.25) is 0 Å². The van der Waals surface area contributed by atoms with Crippen LogP contribution in [0.5, 0.6) is 0 Å². The number of nitrogens with zero attached hydrogens (tertiary/aromatic N) is 5. The molecule has 0 amide bonds. The third-order valence-corrected chi connectivity index (χ3v) is 3.47. The number of hydrogen-bond donors (Lipinski definition) is 1. The molecule has 2 rings (SSSR count). The number of likely N-dealkylation sites (N-methyl/N-ethyl adjacent to an activating group) is 1. The average Bonchev–Trinajstić information content (AvgIpc) is 2.99. The van der Waals surface area contributed by atoms with Crippen molar-refractivity contribution in [3.05, 3.63) is 23.2 Å². The third-order valence-electron chi connectivity index (χ3n) is 2.70. The molecule has 1 unspecified atom stereocenters. The van der Waals surface area contributed by atoms with Crippen molar-refractivity contribution in [2.75, 3.05) is 6.54 Å². The first kappa shape index (κ1) is 13.1. The first-order valence-corrected chi connectivity index (χ1v) is 6.88. The molecule has 7 heteroatoms. The highest BCUT2D eigenvalue weighted by molar-refractivity contribution is 7.05. The number of hydrogen-bond acceptors (Lipinski definition) is 6. The molecule has 98 valence electrons. The molecule has 0 aromatic carbocycles. The molecule has 1 N–H and O–H groups in total. The van der Waals surface area contributed by atoms with E-state index in [1.54, 1.807) is 6.33 Å². The summed E-state index contributed by atoms with van der Waals surface area (Å²) >= 11 is 1.43. The third kappa shape index (κ3) is 2.91. The van der Waals surface area contributed by atoms with E-state index in [0.29, 0.717) is 6.04 Å². The predicted molar refractivity (Wildman–Crippen MR) is 70.4 cm³/mol. The number of rotatable bonds is 6. The fraction of sp³-hybridized carbons (Fsp3) is 0.636. The summed E-state index contributed by atoms with van der Waals surface area (Å²) in [5, 5.41) is 11.6. The fourth-order valence-corrected chi connectivity index (χ4v) is 2.46. The maximum atomic E-state index is 4.35. The lowest BCUT2D eigenvalue weighted by Gasteiger charge is -2.16. The Morgan fingerprint density at radius 2 is 2.28 bits per heavy atom. The Balaban J connectivity index is 2.16. The molecule has 0 saturated carbocycles. The molecule has 0 radical (unpaired) electrons. The van der Waals surface area contributed by atoms with Gasteiger partial charge >= 0.3 is 0 Å². The van der Waals surface area contributed by atoms with Crippen LogP contribution in [0.25, 0.3) is 0 Å². The highest BCUT2D eigenvalue weighted by Gasteiger charge is 2.17. The zero-order valence-corrected chi connectivity index (χ0v) is 11.7. The molecule has 6 nitrogen and oxygen atoms in total. The smallest absolute Gasteiger partial charge is 0.138 e. The molecule has 0 bridgehead atoms. The maximum Gasteiger partial charge on any atom is 0.138 e. The molecule has 2 heterocycles. The lowest BCUT2D eigenvalue weighted by molar-refractivity contribution is 0.471. The van der Waals surface area contributed by atoms with Gasteiger partial charge in [0.1, 0.15) is 12.2 Å². The van der Waals surface area contributed by atoms with Crippen LogP contribution < -0.4 is 5.32 Å². The van der Waals surface area contributed by atoms with E-state index in [1.165, 1.54) is 11.5 Å². The van der Waals surface area contributed by atoms with Gasteiger partial charge in [0, 0.05) is 12.5 Å². The predicted octanol–water partition coefficient (Wildman–Crippen LogP) is 1.60. The van der Waals surface area contributed by atoms with Gasteiger partial charge in [-0.3, -0.25) is 0 Å². The molecule has 2 aromatic heterocycles. The second-order valence-electron chi connectivity index (χ2n) is 4.35. The Bertz CT molecular complexity index is 464. The van der Waals surface area contributed by atoms with Crippen LogP contribution >= 0.6 is 11.5 Å². The Hall–Kier alpha value is -1.34. The van der Waals surface area contributed by atoms with Crippen molar-refractivity contribution in [2.45, 2.75) is 39.3 Å². The van der Waals surface area contributed by atoms with Gasteiger partial charge in [-0.2, -0.15) is 5.10 Å². The van der Waals surface area contributed by atoms with Crippen LogP contribution in [0.15, 0.2) is 12.5 Å². The van der Waals surface area contributed by atoms with Gasteiger partial charge in [0.25, 0.3) is 0 Å². The summed E-state index contributed by atoms with van der Waals surface area (Å²) < 4.78 is 5.88. The highest BCUT2D eigenvalue weighted by Crippen LogP contribution is 2.20. The van der Waals surface area contributed by atoms with Crippen molar-refractivity contribution in [3.63, 3.8) is 0 Å². The first-order chi connectivity index (χ1) is 8.72. The Kier molecular flexibility index (Phi) is 4.38. The molecule has 0 aliphatic carbocycles. The Labute approximate surface area is 111 Å². The molecule has 2 aromatic rings. The van der Waals surface area contributed by atoms with Crippen LogP contribution in [0.1, 0.15) is 43.6 Å². The van der Waals surface area contributed by atoms with Crippen molar-refractivity contribution >= 4 is 11.5 Å². The molecule has 18 heavy (non-hydrogen) atoms. The van der Waals surface area contributed by atoms with E-state index in [2.05, 4.69) is 45.8 Å². The van der Waals surface area contributed by atoms with E-state index < -0.39 is 0 Å². The summed E-state index contributed by atoms with van der Waals surface area (Å²) in [6.07, 6.45) is 4.23. The van der Waals surface area contributed by atoms with Gasteiger partial charge < -0.3 is 5.32 Å². The van der Waals surface area contributed by atoms with Crippen LogP contribution in [0.3, 0.4) is 0 Å². The van der Waals surface area contributed by atoms with Crippen LogP contribution in [-0.2, 0) is 6.42 Å². The summed E-state index contributed by atoms with van der Waals surface area (Å²) in [5.41, 5.74) is 0. The van der Waals surface area contributed by atoms with Crippen LogP contribution in [0, 0.1) is 0 Å². The van der Waals surface area contributed by atoms with Gasteiger partial charge in [0.05, 0.1) is 17.1 Å². The number of nitrogens with one attached hydrogen (secondary N) is 1. The minimum atomic E-state index is 0.205. The molecule has 0 saturated heterocycles. The summed E-state index contributed by atoms with van der Waals surface area (Å²) in [6.45, 7) is 7.20. The molecule has 0 spiro atoms. The van der Waals surface area contributed by atoms with Crippen molar-refractivity contribution < 1.29 is 0 Å². The summed E-state index contributed by atoms with van der Waals surface area (Å²) in [6, 6.07) is 0.529. The van der Waals surface area contributed by atoms with Crippen LogP contribution in [-0.4, -0.2) is 30.9 Å². The SMILES string of the molecule is CCNC(Cc1ncnn1C(C)C)c1cnns1. The first-order valence-electron chi connectivity index (χ1n) is 6.11. The van der Waals surface area contributed by atoms with Crippen LogP contribution in [0.4, 0.5) is 0 Å². The summed E-state index contributed by atoms with van der Waals surface area (Å²) in [5.74, 6) is 0.990. The second-order valence-corrected chi connectivity index (χ2v) is 5.17. The minimum absolute atomic E-state index is 0.205. The van der Waals surface area contributed by atoms with Gasteiger partial charge in [0.15, 0.2) is 0 Å². The maximum absolute atomic E-state index is 4.35. The van der Waals surface area contributed by atoms with Crippen molar-refractivity contribution in [1.82, 2.24) is 29.7 Å². The molecule has 1 atom stereocenters. The number of aromatic nitrogens is 5. The summed E-state index contributed by atoms with van der Waals surface area (Å²) in [4.78, 5) is 5.48. The van der Waals surface area contributed by atoms with Crippen molar-refractivity contribution in [3.8, 4) is 0 Å². The van der Waals surface area contributed by atoms with Gasteiger partial charge in [-0.15, -0.1) is 5.10 Å². The fourth-order valence-electron chi connectivity index (χ4n) is 1.88. The second kappa shape index (κ2) is 6.01. The average molecular weight is 266 g/mol. The molecular formula is C11H18N6S. The molecule has 0 aliphatic rings. The largest absolute Gasteiger partial charge is 0.309 e. The molecule has 0 fully saturated rings. The standard InChI is InChI=1S/C11H18N6S/c1-4-12-9(10-6-14-16-18-10)5-11-13-7-15-17(11)8(2)3/h6-9,12H,4-5H2,1-3H3. The molecule has 0 aliphatic heterocycles. The summed E-state index contributed by atoms with van der Waals surface area (Å²) in [7, 11) is 0. The van der Waals surface area contributed by atoms with E-state index in [-0.39, 0.29) is 6.04 Å². The lowest BCUT2D eigenvalue weighted by Crippen LogP contribution is -2.24. The normalized spacial score (nSPS) is 13.1. The van der Waals surface area contributed by atoms with E-state index in [9.17, 15) is 0 Å². The van der Waals surface area contributed by atoms with Gasteiger partial charge in [-0.05, 0) is 31.9 Å². The van der Waals surface area contributed by atoms with Crippen molar-refractivity contribution in [2.24, 2.45) is 0 Å². The highest BCUT2D eigenvalue weighted by atomic mass is 32.1. The van der Waals surface area contributed by atoms with E-state index in [4.69, 9.17) is 0 Å². The van der Waals surface area contributed by atoms with Crippen LogP contribution in [0.2, 0.25) is 0 Å². The van der Waals surface area contributed by atoms with E-state index in [0.717, 1.165) is 23.7 Å². The van der Waals surface area contributed by atoms with Gasteiger partial charge in [-0.1, -0.05) is 11.4 Å². The molecular weight excluding hydrogens is 248 g/mol. The minimum Gasteiger partial charge on any atom is -0.309 e. The van der Waals surface area contributed by atoms with Crippen molar-refractivity contribution in [1.29, 1.82) is 0 Å². The Morgan fingerprint density at radius 1 is 1.44 bits per heavy atom. The van der Waals surface area contributed by atoms with Gasteiger partial charge in [-0.25, -0.2) is 9.67 Å². The zero-order chi connectivity index (χ0) is 13.0. The quantitative estimate of drug-likeness (QED) is 0.860. The lowest BCUT2D eigenvalue weighted by atomic mass is 10.1. The van der Waals surface area contributed by atoms with E-state index >= 15 is 0 Å².